The number of sulfonamides is 1. The Balaban J connectivity index is 1.85. The molecule has 0 saturated carbocycles. The van der Waals surface area contributed by atoms with Crippen LogP contribution in [0.4, 0.5) is 0 Å². The zero-order valence-corrected chi connectivity index (χ0v) is 15.5. The van der Waals surface area contributed by atoms with Crippen molar-refractivity contribution in [2.75, 3.05) is 6.54 Å². The van der Waals surface area contributed by atoms with Gasteiger partial charge in [0.05, 0.1) is 5.39 Å². The summed E-state index contributed by atoms with van der Waals surface area (Å²) in [5.74, 6) is -0.160. The van der Waals surface area contributed by atoms with Crippen LogP contribution in [-0.2, 0) is 21.9 Å². The molecule has 2 aliphatic rings. The van der Waals surface area contributed by atoms with Crippen molar-refractivity contribution in [3.8, 4) is 0 Å². The second-order valence-corrected chi connectivity index (χ2v) is 8.79. The smallest absolute Gasteiger partial charge is 0.329 e. The Hall–Kier alpha value is -2.53. The maximum Gasteiger partial charge on any atom is 0.329 e. The number of hydrogen-bond donors (Lipinski definition) is 2. The second kappa shape index (κ2) is 6.27. The Labute approximate surface area is 154 Å². The van der Waals surface area contributed by atoms with Gasteiger partial charge in [-0.05, 0) is 18.9 Å². The van der Waals surface area contributed by atoms with E-state index in [9.17, 15) is 22.8 Å². The average molecular weight is 393 g/mol. The number of fused-ring (bicyclic) bond motifs is 3. The van der Waals surface area contributed by atoms with Crippen LogP contribution in [0.5, 0.6) is 0 Å². The Kier molecular flexibility index (Phi) is 4.15. The van der Waals surface area contributed by atoms with E-state index in [1.165, 1.54) is 17.4 Å². The zero-order valence-electron chi connectivity index (χ0n) is 14.6. The number of aromatic amines is 1. The molecule has 11 heteroatoms. The number of nitrogens with one attached hydrogen (secondary N) is 2. The van der Waals surface area contributed by atoms with Crippen LogP contribution in [-0.4, -0.2) is 51.8 Å². The van der Waals surface area contributed by atoms with Gasteiger partial charge in [0, 0.05) is 38.3 Å². The van der Waals surface area contributed by atoms with Gasteiger partial charge in [0.25, 0.3) is 5.56 Å². The first kappa shape index (κ1) is 17.9. The lowest BCUT2D eigenvalue weighted by molar-refractivity contribution is -0.121. The fraction of sp³-hybridized carbons (Fsp3) is 0.500. The van der Waals surface area contributed by atoms with Crippen LogP contribution in [0, 0.1) is 0 Å². The molecule has 0 spiro atoms. The highest BCUT2D eigenvalue weighted by molar-refractivity contribution is 7.89. The second-order valence-electron chi connectivity index (χ2n) is 6.94. The molecule has 2 aromatic rings. The number of H-pyrrole nitrogens is 1. The van der Waals surface area contributed by atoms with Gasteiger partial charge >= 0.3 is 5.69 Å². The monoisotopic (exact) mass is 393 g/mol. The van der Waals surface area contributed by atoms with Crippen molar-refractivity contribution >= 4 is 27.0 Å². The molecule has 10 nitrogen and oxygen atoms in total. The van der Waals surface area contributed by atoms with E-state index in [2.05, 4.69) is 15.3 Å². The van der Waals surface area contributed by atoms with Crippen LogP contribution in [0.2, 0.25) is 0 Å². The van der Waals surface area contributed by atoms with Gasteiger partial charge in [0.2, 0.25) is 15.9 Å². The first-order valence-electron chi connectivity index (χ1n) is 8.68. The lowest BCUT2D eigenvalue weighted by atomic mass is 9.98. The van der Waals surface area contributed by atoms with Crippen molar-refractivity contribution in [2.45, 2.75) is 42.7 Å². The highest BCUT2D eigenvalue weighted by Crippen LogP contribution is 2.32. The maximum absolute atomic E-state index is 13.3. The minimum atomic E-state index is -3.96. The maximum atomic E-state index is 13.3. The third-order valence-electron chi connectivity index (χ3n) is 5.25. The van der Waals surface area contributed by atoms with Crippen LogP contribution in [0.3, 0.4) is 0 Å². The number of aryl methyl sites for hydroxylation is 1. The minimum Gasteiger partial charge on any atom is -0.354 e. The fourth-order valence-corrected chi connectivity index (χ4v) is 5.76. The van der Waals surface area contributed by atoms with E-state index in [0.29, 0.717) is 12.8 Å². The molecule has 2 aromatic heterocycles. The summed E-state index contributed by atoms with van der Waals surface area (Å²) in [6, 6.07) is 0.505. The SMILES string of the molecule is Cn1c(=O)[nH]c(=O)c2cc(S(=O)(=O)N3C4CCCC3CC(=O)NC4)cnc21. The third-order valence-corrected chi connectivity index (χ3v) is 7.23. The summed E-state index contributed by atoms with van der Waals surface area (Å²) in [7, 11) is -2.52. The number of aromatic nitrogens is 3. The number of amides is 1. The van der Waals surface area contributed by atoms with Gasteiger partial charge in [-0.1, -0.05) is 6.42 Å². The number of hydrogen-bond acceptors (Lipinski definition) is 6. The summed E-state index contributed by atoms with van der Waals surface area (Å²) in [6.07, 6.45) is 3.40. The van der Waals surface area contributed by atoms with E-state index in [1.807, 2.05) is 0 Å². The number of nitrogens with zero attached hydrogens (tertiary/aromatic N) is 3. The number of carbonyl (C=O) groups is 1. The van der Waals surface area contributed by atoms with Gasteiger partial charge in [0.15, 0.2) is 0 Å². The van der Waals surface area contributed by atoms with Crippen molar-refractivity contribution in [1.29, 1.82) is 0 Å². The highest BCUT2D eigenvalue weighted by atomic mass is 32.2. The van der Waals surface area contributed by atoms with Crippen LogP contribution >= 0.6 is 0 Å². The molecule has 0 aliphatic carbocycles. The number of piperidine rings is 1. The summed E-state index contributed by atoms with van der Waals surface area (Å²) >= 11 is 0. The molecule has 2 atom stereocenters. The van der Waals surface area contributed by atoms with Crippen molar-refractivity contribution < 1.29 is 13.2 Å². The standard InChI is InChI=1S/C16H19N5O5S/c1-20-14-12(15(23)19-16(20)24)6-11(8-18-14)27(25,26)21-9-3-2-4-10(21)7-17-13(22)5-9/h6,8-10H,2-5,7H2,1H3,(H,17,22)(H,19,23,24). The Morgan fingerprint density at radius 3 is 2.70 bits per heavy atom. The topological polar surface area (TPSA) is 134 Å². The van der Waals surface area contributed by atoms with E-state index < -0.39 is 27.3 Å². The summed E-state index contributed by atoms with van der Waals surface area (Å²) in [5.41, 5.74) is -1.21. The fourth-order valence-electron chi connectivity index (χ4n) is 3.92. The van der Waals surface area contributed by atoms with Gasteiger partial charge in [-0.2, -0.15) is 4.31 Å². The lowest BCUT2D eigenvalue weighted by Gasteiger charge is -2.38. The van der Waals surface area contributed by atoms with Crippen LogP contribution in [0.1, 0.15) is 25.7 Å². The quantitative estimate of drug-likeness (QED) is 0.676. The van der Waals surface area contributed by atoms with Gasteiger partial charge in [-0.15, -0.1) is 0 Å². The lowest BCUT2D eigenvalue weighted by Crippen LogP contribution is -2.50. The molecule has 2 saturated heterocycles. The van der Waals surface area contributed by atoms with Crippen molar-refractivity contribution in [1.82, 2.24) is 24.2 Å². The first-order valence-corrected chi connectivity index (χ1v) is 10.1. The summed E-state index contributed by atoms with van der Waals surface area (Å²) in [5, 5.41) is 2.79. The highest BCUT2D eigenvalue weighted by Gasteiger charge is 2.42. The predicted octanol–water partition coefficient (Wildman–Crippen LogP) is -0.946. The summed E-state index contributed by atoms with van der Waals surface area (Å²) in [4.78, 5) is 41.8. The molecule has 0 aromatic carbocycles. The van der Waals surface area contributed by atoms with E-state index in [4.69, 9.17) is 0 Å². The van der Waals surface area contributed by atoms with Crippen LogP contribution in [0.15, 0.2) is 26.7 Å². The van der Waals surface area contributed by atoms with Crippen molar-refractivity contribution in [2.24, 2.45) is 7.05 Å². The van der Waals surface area contributed by atoms with E-state index in [1.54, 1.807) is 0 Å². The molecule has 2 bridgehead atoms. The molecule has 2 aliphatic heterocycles. The number of rotatable bonds is 2. The third kappa shape index (κ3) is 2.86. The van der Waals surface area contributed by atoms with Gasteiger partial charge in [0.1, 0.15) is 10.5 Å². The average Bonchev–Trinajstić information content (AvgIpc) is 2.73. The van der Waals surface area contributed by atoms with Crippen LogP contribution < -0.4 is 16.6 Å². The zero-order chi connectivity index (χ0) is 19.3. The number of pyridine rings is 1. The minimum absolute atomic E-state index is 0.0207. The predicted molar refractivity (Wildman–Crippen MR) is 95.7 cm³/mol. The normalized spacial score (nSPS) is 23.8. The molecule has 2 fully saturated rings. The Morgan fingerprint density at radius 1 is 1.19 bits per heavy atom. The molecule has 0 radical (unpaired) electrons. The van der Waals surface area contributed by atoms with E-state index in [0.717, 1.165) is 17.2 Å². The molecule has 144 valence electrons. The van der Waals surface area contributed by atoms with E-state index in [-0.39, 0.29) is 40.8 Å². The Bertz CT molecular complexity index is 1150. The molecule has 4 heterocycles. The molecule has 4 rings (SSSR count). The molecule has 27 heavy (non-hydrogen) atoms. The van der Waals surface area contributed by atoms with Crippen molar-refractivity contribution in [3.05, 3.63) is 33.1 Å². The van der Waals surface area contributed by atoms with Gasteiger partial charge in [-0.3, -0.25) is 19.1 Å². The number of carbonyl (C=O) groups excluding carboxylic acids is 1. The van der Waals surface area contributed by atoms with Gasteiger partial charge in [-0.25, -0.2) is 18.2 Å². The molecular weight excluding hydrogens is 374 g/mol. The van der Waals surface area contributed by atoms with Gasteiger partial charge < -0.3 is 5.32 Å². The molecule has 1 amide bonds. The van der Waals surface area contributed by atoms with E-state index >= 15 is 0 Å². The molecule has 2 N–H and O–H groups in total. The largest absolute Gasteiger partial charge is 0.354 e. The van der Waals surface area contributed by atoms with Crippen LogP contribution in [0.25, 0.3) is 11.0 Å². The summed E-state index contributed by atoms with van der Waals surface area (Å²) < 4.78 is 29.2. The Morgan fingerprint density at radius 2 is 1.93 bits per heavy atom. The summed E-state index contributed by atoms with van der Waals surface area (Å²) in [6.45, 7) is 0.269. The molecular formula is C16H19N5O5S. The first-order chi connectivity index (χ1) is 12.8. The molecule has 2 unspecified atom stereocenters. The van der Waals surface area contributed by atoms with Crippen molar-refractivity contribution in [3.63, 3.8) is 0 Å².